The van der Waals surface area contributed by atoms with Gasteiger partial charge in [-0.25, -0.2) is 0 Å². The quantitative estimate of drug-likeness (QED) is 0.544. The first kappa shape index (κ1) is 27.4. The number of amides is 3. The molecule has 1 unspecified atom stereocenters. The van der Waals surface area contributed by atoms with E-state index in [0.717, 1.165) is 48.9 Å². The predicted octanol–water partition coefficient (Wildman–Crippen LogP) is 3.81. The molecule has 2 heterocycles. The zero-order valence-electron chi connectivity index (χ0n) is 23.5. The van der Waals surface area contributed by atoms with Crippen molar-refractivity contribution < 1.29 is 14.4 Å². The van der Waals surface area contributed by atoms with Crippen LogP contribution in [0.1, 0.15) is 63.5 Å². The molecule has 7 nitrogen and oxygen atoms in total. The number of benzene rings is 2. The first-order chi connectivity index (χ1) is 18.8. The minimum Gasteiger partial charge on any atom is -0.352 e. The van der Waals surface area contributed by atoms with E-state index >= 15 is 0 Å². The van der Waals surface area contributed by atoms with Crippen molar-refractivity contribution in [2.75, 3.05) is 25.0 Å². The monoisotopic (exact) mass is 530 g/mol. The molecule has 3 amide bonds. The summed E-state index contributed by atoms with van der Waals surface area (Å²) < 4.78 is 0. The lowest BCUT2D eigenvalue weighted by atomic mass is 9.86. The Bertz CT molecular complexity index is 1190. The van der Waals surface area contributed by atoms with Gasteiger partial charge in [0, 0.05) is 49.2 Å². The number of nitrogens with zero attached hydrogens (tertiary/aromatic N) is 2. The third-order valence-corrected chi connectivity index (χ3v) is 9.08. The highest BCUT2D eigenvalue weighted by Crippen LogP contribution is 2.43. The smallest absolute Gasteiger partial charge is 0.237 e. The molecule has 2 aromatic rings. The molecular weight excluding hydrogens is 488 g/mol. The second-order valence-corrected chi connectivity index (χ2v) is 12.0. The largest absolute Gasteiger partial charge is 0.352 e. The molecule has 1 saturated heterocycles. The van der Waals surface area contributed by atoms with Crippen LogP contribution in [0.4, 0.5) is 5.69 Å². The van der Waals surface area contributed by atoms with Crippen LogP contribution in [0.5, 0.6) is 0 Å². The number of para-hydroxylation sites is 1. The van der Waals surface area contributed by atoms with E-state index in [2.05, 4.69) is 16.7 Å². The van der Waals surface area contributed by atoms with E-state index in [1.807, 2.05) is 79.2 Å². The summed E-state index contributed by atoms with van der Waals surface area (Å²) >= 11 is 0. The van der Waals surface area contributed by atoms with Crippen molar-refractivity contribution in [2.24, 2.45) is 5.92 Å². The average Bonchev–Trinajstić information content (AvgIpc) is 3.51. The molecule has 2 aliphatic heterocycles. The number of fused-ring (bicyclic) bond motifs is 1. The molecule has 2 fully saturated rings. The van der Waals surface area contributed by atoms with Crippen LogP contribution in [0.25, 0.3) is 0 Å². The van der Waals surface area contributed by atoms with E-state index < -0.39 is 5.41 Å². The number of hydrogen-bond acceptors (Lipinski definition) is 4. The molecule has 1 aliphatic carbocycles. The summed E-state index contributed by atoms with van der Waals surface area (Å²) in [6.07, 6.45) is 5.16. The number of piperidine rings is 1. The summed E-state index contributed by atoms with van der Waals surface area (Å²) in [7, 11) is 1.95. The van der Waals surface area contributed by atoms with Gasteiger partial charge in [0.15, 0.2) is 0 Å². The Balaban J connectivity index is 1.21. The molecular formula is C32H42N4O3. The lowest BCUT2D eigenvalue weighted by Crippen LogP contribution is -2.51. The normalized spacial score (nSPS) is 23.5. The van der Waals surface area contributed by atoms with Gasteiger partial charge >= 0.3 is 0 Å². The minimum atomic E-state index is -0.529. The molecule has 0 radical (unpaired) electrons. The van der Waals surface area contributed by atoms with Crippen LogP contribution in [-0.2, 0) is 26.2 Å². The van der Waals surface area contributed by atoms with E-state index in [9.17, 15) is 14.4 Å². The first-order valence-electron chi connectivity index (χ1n) is 14.5. The van der Waals surface area contributed by atoms with Crippen LogP contribution in [0.2, 0.25) is 0 Å². The van der Waals surface area contributed by atoms with Gasteiger partial charge in [-0.05, 0) is 76.6 Å². The zero-order valence-corrected chi connectivity index (χ0v) is 23.5. The number of hydrogen-bond donors (Lipinski definition) is 2. The second-order valence-electron chi connectivity index (χ2n) is 12.0. The standard InChI is InChI=1S/C32H42N4O3/c1-32(2)27-11-7-8-12-28(27)36(31(32)39)26-15-17-35(18-16-26)29(37)21-25(19-22-9-5-4-6-10-22)34-30(38)23-13-14-24(20-23)33-3/h4-12,23-26,33H,13-21H2,1-3H3,(H,34,38)/t23-,24+,25?/m0/s1. The van der Waals surface area contributed by atoms with Gasteiger partial charge < -0.3 is 20.4 Å². The predicted molar refractivity (Wildman–Crippen MR) is 153 cm³/mol. The highest BCUT2D eigenvalue weighted by Gasteiger charge is 2.46. The Hall–Kier alpha value is -3.19. The Morgan fingerprint density at radius 2 is 1.67 bits per heavy atom. The zero-order chi connectivity index (χ0) is 27.6. The average molecular weight is 531 g/mol. The van der Waals surface area contributed by atoms with E-state index in [0.29, 0.717) is 25.6 Å². The Morgan fingerprint density at radius 3 is 2.36 bits per heavy atom. The number of carbonyl (C=O) groups excluding carboxylic acids is 3. The fraction of sp³-hybridized carbons (Fsp3) is 0.531. The van der Waals surface area contributed by atoms with Crippen LogP contribution >= 0.6 is 0 Å². The second kappa shape index (κ2) is 11.5. The van der Waals surface area contributed by atoms with Gasteiger partial charge in [0.25, 0.3) is 0 Å². The lowest BCUT2D eigenvalue weighted by Gasteiger charge is -2.38. The maximum absolute atomic E-state index is 13.5. The van der Waals surface area contributed by atoms with Crippen LogP contribution in [0.3, 0.4) is 0 Å². The maximum atomic E-state index is 13.5. The van der Waals surface area contributed by atoms with E-state index in [1.165, 1.54) is 0 Å². The summed E-state index contributed by atoms with van der Waals surface area (Å²) in [4.78, 5) is 43.9. The third-order valence-electron chi connectivity index (χ3n) is 9.08. The third kappa shape index (κ3) is 5.74. The van der Waals surface area contributed by atoms with Gasteiger partial charge in [-0.2, -0.15) is 0 Å². The summed E-state index contributed by atoms with van der Waals surface area (Å²) in [6, 6.07) is 18.4. The molecule has 3 aliphatic rings. The van der Waals surface area contributed by atoms with Crippen molar-refractivity contribution >= 4 is 23.4 Å². The molecule has 208 valence electrons. The molecule has 0 aromatic heterocycles. The van der Waals surface area contributed by atoms with Crippen LogP contribution < -0.4 is 15.5 Å². The fourth-order valence-corrected chi connectivity index (χ4v) is 6.69. The van der Waals surface area contributed by atoms with Crippen LogP contribution in [0, 0.1) is 5.92 Å². The molecule has 2 N–H and O–H groups in total. The molecule has 2 aromatic carbocycles. The first-order valence-corrected chi connectivity index (χ1v) is 14.5. The molecule has 39 heavy (non-hydrogen) atoms. The SMILES string of the molecule is CN[C@@H]1CC[C@H](C(=O)NC(CC(=O)N2CCC(N3C(=O)C(C)(C)c4ccccc43)CC2)Cc2ccccc2)C1. The van der Waals surface area contributed by atoms with Crippen LogP contribution in [-0.4, -0.2) is 60.9 Å². The van der Waals surface area contributed by atoms with Crippen molar-refractivity contribution in [3.05, 3.63) is 65.7 Å². The Labute approximate surface area is 232 Å². The highest BCUT2D eigenvalue weighted by atomic mass is 16.2. The van der Waals surface area contributed by atoms with Gasteiger partial charge in [0.1, 0.15) is 0 Å². The number of anilines is 1. The van der Waals surface area contributed by atoms with Crippen molar-refractivity contribution in [1.29, 1.82) is 0 Å². The van der Waals surface area contributed by atoms with Gasteiger partial charge in [0.05, 0.1) is 5.41 Å². The van der Waals surface area contributed by atoms with Gasteiger partial charge in [-0.3, -0.25) is 14.4 Å². The number of likely N-dealkylation sites (tertiary alicyclic amines) is 1. The highest BCUT2D eigenvalue weighted by molar-refractivity contribution is 6.08. The van der Waals surface area contributed by atoms with Crippen LogP contribution in [0.15, 0.2) is 54.6 Å². The maximum Gasteiger partial charge on any atom is 0.237 e. The summed E-state index contributed by atoms with van der Waals surface area (Å²) in [6.45, 7) is 5.24. The van der Waals surface area contributed by atoms with Crippen molar-refractivity contribution in [3.8, 4) is 0 Å². The van der Waals surface area contributed by atoms with Gasteiger partial charge in [0.2, 0.25) is 17.7 Å². The van der Waals surface area contributed by atoms with E-state index in [1.54, 1.807) is 0 Å². The minimum absolute atomic E-state index is 0.00306. The summed E-state index contributed by atoms with van der Waals surface area (Å²) in [5, 5.41) is 6.52. The van der Waals surface area contributed by atoms with Gasteiger partial charge in [-0.15, -0.1) is 0 Å². The summed E-state index contributed by atoms with van der Waals surface area (Å²) in [5.74, 6) is 0.278. The Kier molecular flexibility index (Phi) is 8.08. The van der Waals surface area contributed by atoms with Crippen molar-refractivity contribution in [2.45, 2.75) is 82.3 Å². The fourth-order valence-electron chi connectivity index (χ4n) is 6.69. The molecule has 3 atom stereocenters. The van der Waals surface area contributed by atoms with Gasteiger partial charge in [-0.1, -0.05) is 48.5 Å². The van der Waals surface area contributed by atoms with Crippen molar-refractivity contribution in [1.82, 2.24) is 15.5 Å². The molecule has 5 rings (SSSR count). The number of nitrogens with one attached hydrogen (secondary N) is 2. The summed E-state index contributed by atoms with van der Waals surface area (Å²) in [5.41, 5.74) is 2.67. The number of rotatable bonds is 8. The van der Waals surface area contributed by atoms with E-state index in [4.69, 9.17) is 0 Å². The topological polar surface area (TPSA) is 81.8 Å². The molecule has 1 saturated carbocycles. The lowest BCUT2D eigenvalue weighted by molar-refractivity contribution is -0.133. The Morgan fingerprint density at radius 1 is 0.974 bits per heavy atom. The number of carbonyl (C=O) groups is 3. The van der Waals surface area contributed by atoms with Crippen molar-refractivity contribution in [3.63, 3.8) is 0 Å². The van der Waals surface area contributed by atoms with E-state index in [-0.39, 0.29) is 42.1 Å². The molecule has 0 spiro atoms. The molecule has 7 heteroatoms. The molecule has 0 bridgehead atoms.